The highest BCUT2D eigenvalue weighted by Gasteiger charge is 2.30. The van der Waals surface area contributed by atoms with Crippen molar-refractivity contribution in [1.82, 2.24) is 15.0 Å². The summed E-state index contributed by atoms with van der Waals surface area (Å²) in [5.74, 6) is 0.313. The van der Waals surface area contributed by atoms with Crippen molar-refractivity contribution in [3.8, 4) is 0 Å². The van der Waals surface area contributed by atoms with Crippen molar-refractivity contribution in [2.75, 3.05) is 11.1 Å². The van der Waals surface area contributed by atoms with Gasteiger partial charge in [-0.25, -0.2) is 22.5 Å². The Labute approximate surface area is 233 Å². The van der Waals surface area contributed by atoms with Crippen LogP contribution in [0.15, 0.2) is 76.8 Å². The number of rotatable bonds is 8. The van der Waals surface area contributed by atoms with Crippen molar-refractivity contribution in [2.24, 2.45) is 5.92 Å². The van der Waals surface area contributed by atoms with Crippen LogP contribution in [0.1, 0.15) is 49.8 Å². The highest BCUT2D eigenvalue weighted by molar-refractivity contribution is 7.99. The van der Waals surface area contributed by atoms with E-state index in [9.17, 15) is 17.6 Å². The number of thioether (sulfide) groups is 1. The first-order valence-corrected chi connectivity index (χ1v) is 15.7. The predicted molar refractivity (Wildman–Crippen MR) is 152 cm³/mol. The molecule has 0 unspecified atom stereocenters. The van der Waals surface area contributed by atoms with E-state index in [4.69, 9.17) is 0 Å². The van der Waals surface area contributed by atoms with E-state index in [1.165, 1.54) is 23.9 Å². The SMILES string of the molecule is C[C@@H](NC(=O)C1CCC(NS(=O)(=O)c2cnc3c(c2)N[C@H](Cc2ccccc2)CS3)CC1)c1ccc(F)cc1. The summed E-state index contributed by atoms with van der Waals surface area (Å²) in [5.41, 5.74) is 2.81. The summed E-state index contributed by atoms with van der Waals surface area (Å²) in [6.45, 7) is 1.87. The molecule has 0 spiro atoms. The standard InChI is InChI=1S/C29H33FN4O3S2/c1-19(21-7-11-23(30)12-8-21)32-28(35)22-9-13-24(14-10-22)34-39(36,37)26-16-27-29(31-17-26)38-18-25(33-27)15-20-5-3-2-4-6-20/h2-8,11-12,16-17,19,22,24-25,33-34H,9-10,13-15,18H2,1H3,(H,32,35)/t19-,22?,24?,25-/m1/s1. The van der Waals surface area contributed by atoms with E-state index in [0.29, 0.717) is 25.7 Å². The normalized spacial score (nSPS) is 21.8. The molecule has 2 heterocycles. The maximum atomic E-state index is 13.2. The average Bonchev–Trinajstić information content (AvgIpc) is 2.93. The molecule has 0 saturated heterocycles. The lowest BCUT2D eigenvalue weighted by Gasteiger charge is -2.29. The van der Waals surface area contributed by atoms with Gasteiger partial charge in [-0.1, -0.05) is 42.5 Å². The molecular formula is C29H33FN4O3S2. The minimum absolute atomic E-state index is 0.0550. The number of hydrogen-bond donors (Lipinski definition) is 3. The highest BCUT2D eigenvalue weighted by atomic mass is 32.2. The largest absolute Gasteiger partial charge is 0.379 e. The van der Waals surface area contributed by atoms with E-state index < -0.39 is 10.0 Å². The highest BCUT2D eigenvalue weighted by Crippen LogP contribution is 2.34. The third-order valence-corrected chi connectivity index (χ3v) is 10.0. The van der Waals surface area contributed by atoms with Crippen molar-refractivity contribution in [1.29, 1.82) is 0 Å². The average molecular weight is 569 g/mol. The fraction of sp³-hybridized carbons (Fsp3) is 0.379. The second-order valence-electron chi connectivity index (χ2n) is 10.3. The molecule has 1 amide bonds. The van der Waals surface area contributed by atoms with E-state index in [-0.39, 0.29) is 40.7 Å². The summed E-state index contributed by atoms with van der Waals surface area (Å²) in [4.78, 5) is 17.4. The Bertz CT molecular complexity index is 1400. The van der Waals surface area contributed by atoms with Crippen LogP contribution in [0.5, 0.6) is 0 Å². The van der Waals surface area contributed by atoms with Gasteiger partial charge >= 0.3 is 0 Å². The summed E-state index contributed by atoms with van der Waals surface area (Å²) in [6.07, 6.45) is 4.61. The summed E-state index contributed by atoms with van der Waals surface area (Å²) in [5, 5.41) is 7.28. The lowest BCUT2D eigenvalue weighted by molar-refractivity contribution is -0.126. The third kappa shape index (κ3) is 6.98. The van der Waals surface area contributed by atoms with E-state index >= 15 is 0 Å². The Morgan fingerprint density at radius 2 is 1.82 bits per heavy atom. The number of nitrogens with one attached hydrogen (secondary N) is 3. The molecule has 206 valence electrons. The maximum Gasteiger partial charge on any atom is 0.242 e. The molecule has 1 saturated carbocycles. The fourth-order valence-electron chi connectivity index (χ4n) is 5.18. The zero-order valence-corrected chi connectivity index (χ0v) is 23.4. The monoisotopic (exact) mass is 568 g/mol. The van der Waals surface area contributed by atoms with E-state index in [0.717, 1.165) is 28.5 Å². The molecule has 5 rings (SSSR count). The van der Waals surface area contributed by atoms with Gasteiger partial charge in [-0.2, -0.15) is 0 Å². The van der Waals surface area contributed by atoms with Crippen molar-refractivity contribution < 1.29 is 17.6 Å². The van der Waals surface area contributed by atoms with E-state index in [1.54, 1.807) is 30.0 Å². The van der Waals surface area contributed by atoms with Crippen LogP contribution in [0.25, 0.3) is 0 Å². The zero-order chi connectivity index (χ0) is 27.4. The number of carbonyl (C=O) groups is 1. The van der Waals surface area contributed by atoms with Crippen LogP contribution in [0.3, 0.4) is 0 Å². The number of anilines is 1. The Morgan fingerprint density at radius 3 is 2.54 bits per heavy atom. The van der Waals surface area contributed by atoms with Gasteiger partial charge in [0.05, 0.1) is 11.7 Å². The lowest BCUT2D eigenvalue weighted by atomic mass is 9.85. The van der Waals surface area contributed by atoms with Gasteiger partial charge in [0.1, 0.15) is 15.7 Å². The Morgan fingerprint density at radius 1 is 1.10 bits per heavy atom. The van der Waals surface area contributed by atoms with Gasteiger partial charge in [0.25, 0.3) is 0 Å². The zero-order valence-electron chi connectivity index (χ0n) is 21.8. The number of hydrogen-bond acceptors (Lipinski definition) is 6. The summed E-state index contributed by atoms with van der Waals surface area (Å²) in [7, 11) is -3.76. The Hall–Kier alpha value is -2.95. The van der Waals surface area contributed by atoms with Crippen LogP contribution < -0.4 is 15.4 Å². The summed E-state index contributed by atoms with van der Waals surface area (Å²) >= 11 is 1.63. The molecular weight excluding hydrogens is 535 g/mol. The molecule has 0 bridgehead atoms. The minimum atomic E-state index is -3.76. The van der Waals surface area contributed by atoms with Gasteiger partial charge in [0.2, 0.25) is 15.9 Å². The molecule has 2 atom stereocenters. The fourth-order valence-corrected chi connectivity index (χ4v) is 7.41. The number of halogens is 1. The quantitative estimate of drug-likeness (QED) is 0.351. The van der Waals surface area contributed by atoms with E-state index in [1.807, 2.05) is 25.1 Å². The molecule has 1 fully saturated rings. The lowest BCUT2D eigenvalue weighted by Crippen LogP contribution is -2.41. The molecule has 3 aromatic rings. The van der Waals surface area contributed by atoms with Crippen LogP contribution in [0.2, 0.25) is 0 Å². The van der Waals surface area contributed by atoms with Crippen molar-refractivity contribution >= 4 is 33.4 Å². The number of sulfonamides is 1. The topological polar surface area (TPSA) is 100 Å². The molecule has 10 heteroatoms. The summed E-state index contributed by atoms with van der Waals surface area (Å²) < 4.78 is 42.4. The van der Waals surface area contributed by atoms with Crippen LogP contribution in [-0.4, -0.2) is 37.1 Å². The van der Waals surface area contributed by atoms with Gasteiger partial charge in [0, 0.05) is 30.0 Å². The Balaban J connectivity index is 1.15. The number of fused-ring (bicyclic) bond motifs is 1. The van der Waals surface area contributed by atoms with Crippen molar-refractivity contribution in [2.45, 2.75) is 67.1 Å². The van der Waals surface area contributed by atoms with Gasteiger partial charge in [-0.05, 0) is 68.4 Å². The van der Waals surface area contributed by atoms with Crippen molar-refractivity contribution in [3.63, 3.8) is 0 Å². The van der Waals surface area contributed by atoms with Gasteiger partial charge in [0.15, 0.2) is 0 Å². The smallest absolute Gasteiger partial charge is 0.242 e. The molecule has 1 aromatic heterocycles. The number of benzene rings is 2. The third-order valence-electron chi connectivity index (χ3n) is 7.39. The first-order valence-electron chi connectivity index (χ1n) is 13.3. The van der Waals surface area contributed by atoms with Gasteiger partial charge < -0.3 is 10.6 Å². The molecule has 2 aliphatic rings. The number of amides is 1. The van der Waals surface area contributed by atoms with E-state index in [2.05, 4.69) is 32.5 Å². The maximum absolute atomic E-state index is 13.2. The number of carbonyl (C=O) groups excluding carboxylic acids is 1. The first-order chi connectivity index (χ1) is 18.8. The minimum Gasteiger partial charge on any atom is -0.379 e. The molecule has 1 aliphatic carbocycles. The van der Waals surface area contributed by atoms with Gasteiger partial charge in [-0.15, -0.1) is 11.8 Å². The first kappa shape index (κ1) is 27.6. The molecule has 3 N–H and O–H groups in total. The Kier molecular flexibility index (Phi) is 8.54. The number of nitrogens with zero attached hydrogens (tertiary/aromatic N) is 1. The van der Waals surface area contributed by atoms with Gasteiger partial charge in [-0.3, -0.25) is 4.79 Å². The number of pyridine rings is 1. The van der Waals surface area contributed by atoms with Crippen LogP contribution in [-0.2, 0) is 21.2 Å². The van der Waals surface area contributed by atoms with Crippen LogP contribution in [0, 0.1) is 11.7 Å². The second kappa shape index (κ2) is 12.1. The molecule has 39 heavy (non-hydrogen) atoms. The number of aromatic nitrogens is 1. The van der Waals surface area contributed by atoms with Crippen LogP contribution in [0.4, 0.5) is 10.1 Å². The summed E-state index contributed by atoms with van der Waals surface area (Å²) in [6, 6.07) is 17.7. The van der Waals surface area contributed by atoms with Crippen molar-refractivity contribution in [3.05, 3.63) is 83.8 Å². The molecule has 1 aliphatic heterocycles. The predicted octanol–water partition coefficient (Wildman–Crippen LogP) is 5.06. The second-order valence-corrected chi connectivity index (χ2v) is 13.0. The molecule has 7 nitrogen and oxygen atoms in total. The molecule has 2 aromatic carbocycles. The van der Waals surface area contributed by atoms with Crippen LogP contribution >= 0.6 is 11.8 Å². The molecule has 0 radical (unpaired) electrons.